The Labute approximate surface area is 142 Å². The molecule has 6 heteroatoms. The molecule has 0 spiro atoms. The van der Waals surface area contributed by atoms with E-state index in [-0.39, 0.29) is 6.42 Å². The van der Waals surface area contributed by atoms with Gasteiger partial charge < -0.3 is 19.9 Å². The van der Waals surface area contributed by atoms with E-state index in [2.05, 4.69) is 11.9 Å². The number of carbonyl (C=O) groups excluding carboxylic acids is 1. The Bertz CT molecular complexity index is 560. The van der Waals surface area contributed by atoms with Gasteiger partial charge in [-0.2, -0.15) is 0 Å². The molecule has 1 aromatic rings. The molecule has 2 N–H and O–H groups in total. The van der Waals surface area contributed by atoms with Crippen LogP contribution in [0.3, 0.4) is 0 Å². The molecule has 0 saturated carbocycles. The van der Waals surface area contributed by atoms with E-state index in [1.165, 1.54) is 0 Å². The molecular formula is C18H25NO5. The van der Waals surface area contributed by atoms with Crippen molar-refractivity contribution in [1.82, 2.24) is 5.32 Å². The number of aliphatic carboxylic acids is 1. The monoisotopic (exact) mass is 335 g/mol. The van der Waals surface area contributed by atoms with Crippen molar-refractivity contribution in [2.24, 2.45) is 0 Å². The number of hydrogen-bond acceptors (Lipinski definition) is 4. The van der Waals surface area contributed by atoms with Gasteiger partial charge in [0.1, 0.15) is 17.4 Å². The minimum atomic E-state index is -1.12. The molecular weight excluding hydrogens is 310 g/mol. The van der Waals surface area contributed by atoms with Crippen LogP contribution in [-0.2, 0) is 16.0 Å². The van der Waals surface area contributed by atoms with Gasteiger partial charge in [-0.25, -0.2) is 9.59 Å². The summed E-state index contributed by atoms with van der Waals surface area (Å²) in [5.41, 5.74) is 0.0897. The van der Waals surface area contributed by atoms with Crippen molar-refractivity contribution in [3.05, 3.63) is 42.5 Å². The summed E-state index contributed by atoms with van der Waals surface area (Å²) in [5.74, 6) is -0.417. The Morgan fingerprint density at radius 1 is 1.29 bits per heavy atom. The number of hydrogen-bond donors (Lipinski definition) is 2. The topological polar surface area (TPSA) is 84.9 Å². The number of alkyl carbamates (subject to hydrolysis) is 1. The van der Waals surface area contributed by atoms with Crippen molar-refractivity contribution in [2.45, 2.75) is 45.3 Å². The van der Waals surface area contributed by atoms with Crippen molar-refractivity contribution in [1.29, 1.82) is 0 Å². The Hall–Kier alpha value is -2.50. The highest BCUT2D eigenvalue weighted by atomic mass is 16.6. The molecule has 0 fully saturated rings. The third-order valence-corrected chi connectivity index (χ3v) is 2.94. The van der Waals surface area contributed by atoms with Crippen molar-refractivity contribution >= 4 is 12.1 Å². The van der Waals surface area contributed by atoms with E-state index in [1.807, 2.05) is 0 Å². The van der Waals surface area contributed by atoms with Crippen LogP contribution in [0, 0.1) is 0 Å². The Morgan fingerprint density at radius 2 is 1.92 bits per heavy atom. The highest BCUT2D eigenvalue weighted by Gasteiger charge is 2.24. The first-order chi connectivity index (χ1) is 11.2. The first kappa shape index (κ1) is 19.5. The van der Waals surface area contributed by atoms with Crippen LogP contribution in [-0.4, -0.2) is 35.4 Å². The lowest BCUT2D eigenvalue weighted by Gasteiger charge is -2.22. The highest BCUT2D eigenvalue weighted by molar-refractivity contribution is 5.80. The molecule has 1 atom stereocenters. The first-order valence-electron chi connectivity index (χ1n) is 7.76. The fourth-order valence-electron chi connectivity index (χ4n) is 1.87. The first-order valence-corrected chi connectivity index (χ1v) is 7.76. The second kappa shape index (κ2) is 8.96. The smallest absolute Gasteiger partial charge is 0.408 e. The van der Waals surface area contributed by atoms with Gasteiger partial charge in [-0.3, -0.25) is 0 Å². The van der Waals surface area contributed by atoms with Crippen LogP contribution >= 0.6 is 0 Å². The third kappa shape index (κ3) is 7.67. The quantitative estimate of drug-likeness (QED) is 0.563. The third-order valence-electron chi connectivity index (χ3n) is 2.94. The fourth-order valence-corrected chi connectivity index (χ4v) is 1.87. The maximum absolute atomic E-state index is 11.7. The van der Waals surface area contributed by atoms with E-state index in [0.717, 1.165) is 12.0 Å². The predicted octanol–water partition coefficient (Wildman–Crippen LogP) is 3.16. The van der Waals surface area contributed by atoms with Gasteiger partial charge in [0, 0.05) is 6.42 Å². The summed E-state index contributed by atoms with van der Waals surface area (Å²) in [6.07, 6.45) is 1.93. The van der Waals surface area contributed by atoms with Gasteiger partial charge >= 0.3 is 12.1 Å². The van der Waals surface area contributed by atoms with Crippen LogP contribution in [0.2, 0.25) is 0 Å². The lowest BCUT2D eigenvalue weighted by atomic mass is 10.1. The van der Waals surface area contributed by atoms with E-state index in [9.17, 15) is 14.7 Å². The van der Waals surface area contributed by atoms with Crippen LogP contribution in [0.25, 0.3) is 0 Å². The molecule has 0 radical (unpaired) electrons. The van der Waals surface area contributed by atoms with Crippen molar-refractivity contribution in [2.75, 3.05) is 6.61 Å². The number of amides is 1. The molecule has 0 saturated heterocycles. The summed E-state index contributed by atoms with van der Waals surface area (Å²) in [5, 5.41) is 11.7. The number of ether oxygens (including phenoxy) is 2. The summed E-state index contributed by atoms with van der Waals surface area (Å²) >= 11 is 0. The minimum Gasteiger partial charge on any atom is -0.493 e. The van der Waals surface area contributed by atoms with E-state index in [4.69, 9.17) is 9.47 Å². The fraction of sp³-hybridized carbons (Fsp3) is 0.444. The summed E-state index contributed by atoms with van der Waals surface area (Å²) in [4.78, 5) is 23.1. The largest absolute Gasteiger partial charge is 0.493 e. The number of benzene rings is 1. The second-order valence-electron chi connectivity index (χ2n) is 6.31. The summed E-state index contributed by atoms with van der Waals surface area (Å²) in [6.45, 7) is 9.31. The zero-order valence-electron chi connectivity index (χ0n) is 14.4. The summed E-state index contributed by atoms with van der Waals surface area (Å²) < 4.78 is 10.6. The number of carboxylic acids is 1. The molecule has 6 nitrogen and oxygen atoms in total. The molecule has 0 aliphatic rings. The van der Waals surface area contributed by atoms with Crippen LogP contribution < -0.4 is 10.1 Å². The molecule has 1 aromatic carbocycles. The van der Waals surface area contributed by atoms with Crippen LogP contribution in [0.1, 0.15) is 32.8 Å². The lowest BCUT2D eigenvalue weighted by molar-refractivity contribution is -0.139. The molecule has 0 aliphatic carbocycles. The number of carboxylic acid groups (broad SMARTS) is 1. The van der Waals surface area contributed by atoms with Crippen molar-refractivity contribution in [3.8, 4) is 5.75 Å². The Kier molecular flexibility index (Phi) is 7.30. The van der Waals surface area contributed by atoms with E-state index in [1.54, 1.807) is 51.1 Å². The Morgan fingerprint density at radius 3 is 2.42 bits per heavy atom. The molecule has 0 bridgehead atoms. The van der Waals surface area contributed by atoms with E-state index in [0.29, 0.717) is 12.4 Å². The van der Waals surface area contributed by atoms with Gasteiger partial charge in [-0.05, 0) is 44.9 Å². The zero-order chi connectivity index (χ0) is 18.2. The molecule has 1 amide bonds. The van der Waals surface area contributed by atoms with Gasteiger partial charge in [-0.1, -0.05) is 18.2 Å². The summed E-state index contributed by atoms with van der Waals surface area (Å²) in [7, 11) is 0. The van der Waals surface area contributed by atoms with Gasteiger partial charge in [0.25, 0.3) is 0 Å². The summed E-state index contributed by atoms with van der Waals surface area (Å²) in [6, 6.07) is 6.02. The number of nitrogens with one attached hydrogen (secondary N) is 1. The van der Waals surface area contributed by atoms with E-state index < -0.39 is 23.7 Å². The standard InChI is InChI=1S/C18H25NO5/c1-5-6-11-23-14-9-7-13(8-10-14)12-15(16(20)21)19-17(22)24-18(2,3)4/h5,7-10,15H,1,6,11-12H2,2-4H3,(H,19,22)(H,20,21)/t15-/m0/s1. The molecule has 1 rings (SSSR count). The van der Waals surface area contributed by atoms with Gasteiger partial charge in [0.2, 0.25) is 0 Å². The molecule has 132 valence electrons. The van der Waals surface area contributed by atoms with Gasteiger partial charge in [0.15, 0.2) is 0 Å². The van der Waals surface area contributed by atoms with Gasteiger partial charge in [0.05, 0.1) is 6.61 Å². The number of carbonyl (C=O) groups is 2. The zero-order valence-corrected chi connectivity index (χ0v) is 14.4. The normalized spacial score (nSPS) is 12.1. The minimum absolute atomic E-state index is 0.154. The average molecular weight is 335 g/mol. The predicted molar refractivity (Wildman–Crippen MR) is 91.2 cm³/mol. The van der Waals surface area contributed by atoms with Crippen LogP contribution in [0.5, 0.6) is 5.75 Å². The van der Waals surface area contributed by atoms with Crippen molar-refractivity contribution in [3.63, 3.8) is 0 Å². The number of rotatable bonds is 8. The van der Waals surface area contributed by atoms with Gasteiger partial charge in [-0.15, -0.1) is 6.58 Å². The lowest BCUT2D eigenvalue weighted by Crippen LogP contribution is -2.44. The maximum Gasteiger partial charge on any atom is 0.408 e. The molecule has 24 heavy (non-hydrogen) atoms. The van der Waals surface area contributed by atoms with Crippen LogP contribution in [0.4, 0.5) is 4.79 Å². The van der Waals surface area contributed by atoms with Crippen molar-refractivity contribution < 1.29 is 24.2 Å². The average Bonchev–Trinajstić information content (AvgIpc) is 2.46. The molecule has 0 unspecified atom stereocenters. The second-order valence-corrected chi connectivity index (χ2v) is 6.31. The maximum atomic E-state index is 11.7. The SMILES string of the molecule is C=CCCOc1ccc(C[C@H](NC(=O)OC(C)(C)C)C(=O)O)cc1. The molecule has 0 aliphatic heterocycles. The highest BCUT2D eigenvalue weighted by Crippen LogP contribution is 2.14. The molecule has 0 heterocycles. The molecule has 0 aromatic heterocycles. The van der Waals surface area contributed by atoms with E-state index >= 15 is 0 Å². The Balaban J connectivity index is 2.63. The van der Waals surface area contributed by atoms with Crippen LogP contribution in [0.15, 0.2) is 36.9 Å².